The third-order valence-corrected chi connectivity index (χ3v) is 3.77. The first kappa shape index (κ1) is 17.1. The minimum atomic E-state index is -0.191. The van der Waals surface area contributed by atoms with E-state index in [2.05, 4.69) is 21.4 Å². The third kappa shape index (κ3) is 3.84. The summed E-state index contributed by atoms with van der Waals surface area (Å²) in [6.07, 6.45) is 1.55. The summed E-state index contributed by atoms with van der Waals surface area (Å²) in [5.41, 5.74) is 2.44. The van der Waals surface area contributed by atoms with Gasteiger partial charge in [-0.25, -0.2) is 9.97 Å². The number of anilines is 3. The van der Waals surface area contributed by atoms with Crippen LogP contribution in [-0.2, 0) is 0 Å². The maximum absolute atomic E-state index is 12.8. The van der Waals surface area contributed by atoms with Gasteiger partial charge < -0.3 is 10.2 Å². The Kier molecular flexibility index (Phi) is 5.20. The SMILES string of the molecule is CCN(C(=O)c1ccnc(Nc2ccc(C#N)cc2)n1)c1ccccc1. The van der Waals surface area contributed by atoms with Crippen LogP contribution in [0.3, 0.4) is 0 Å². The lowest BCUT2D eigenvalue weighted by molar-refractivity contribution is 0.0983. The van der Waals surface area contributed by atoms with Crippen LogP contribution in [0.25, 0.3) is 0 Å². The summed E-state index contributed by atoms with van der Waals surface area (Å²) in [5.74, 6) is 0.133. The first-order valence-electron chi connectivity index (χ1n) is 8.18. The molecule has 1 amide bonds. The number of benzene rings is 2. The first-order valence-corrected chi connectivity index (χ1v) is 8.18. The highest BCUT2D eigenvalue weighted by Crippen LogP contribution is 2.17. The summed E-state index contributed by atoms with van der Waals surface area (Å²) in [6, 6.07) is 20.1. The summed E-state index contributed by atoms with van der Waals surface area (Å²) < 4.78 is 0. The largest absolute Gasteiger partial charge is 0.324 e. The number of carbonyl (C=O) groups is 1. The van der Waals surface area contributed by atoms with E-state index in [4.69, 9.17) is 5.26 Å². The number of nitrogens with one attached hydrogen (secondary N) is 1. The lowest BCUT2D eigenvalue weighted by atomic mass is 10.2. The van der Waals surface area contributed by atoms with Crippen molar-refractivity contribution < 1.29 is 4.79 Å². The van der Waals surface area contributed by atoms with Gasteiger partial charge >= 0.3 is 0 Å². The molecular weight excluding hydrogens is 326 g/mol. The zero-order valence-electron chi connectivity index (χ0n) is 14.3. The fraction of sp³-hybridized carbons (Fsp3) is 0.100. The van der Waals surface area contributed by atoms with Crippen LogP contribution in [0.1, 0.15) is 23.0 Å². The molecule has 2 aromatic carbocycles. The van der Waals surface area contributed by atoms with E-state index in [9.17, 15) is 4.79 Å². The van der Waals surface area contributed by atoms with Crippen LogP contribution in [0.4, 0.5) is 17.3 Å². The zero-order valence-corrected chi connectivity index (χ0v) is 14.3. The van der Waals surface area contributed by atoms with Gasteiger partial charge in [-0.3, -0.25) is 4.79 Å². The van der Waals surface area contributed by atoms with Crippen LogP contribution in [0, 0.1) is 11.3 Å². The molecule has 1 aromatic heterocycles. The molecule has 0 saturated carbocycles. The minimum absolute atomic E-state index is 0.191. The number of aromatic nitrogens is 2. The molecule has 0 unspecified atom stereocenters. The van der Waals surface area contributed by atoms with Crippen molar-refractivity contribution in [3.8, 4) is 6.07 Å². The second-order valence-electron chi connectivity index (χ2n) is 5.46. The zero-order chi connectivity index (χ0) is 18.4. The normalized spacial score (nSPS) is 10.0. The highest BCUT2D eigenvalue weighted by Gasteiger charge is 2.17. The van der Waals surface area contributed by atoms with Gasteiger partial charge in [0.25, 0.3) is 5.91 Å². The van der Waals surface area contributed by atoms with Crippen LogP contribution in [0.15, 0.2) is 66.9 Å². The smallest absolute Gasteiger partial charge is 0.277 e. The Morgan fingerprint density at radius 1 is 1.12 bits per heavy atom. The van der Waals surface area contributed by atoms with Crippen LogP contribution in [0.2, 0.25) is 0 Å². The predicted octanol–water partition coefficient (Wildman–Crippen LogP) is 3.76. The number of rotatable bonds is 5. The van der Waals surface area contributed by atoms with Gasteiger partial charge in [-0.05, 0) is 49.4 Å². The molecule has 0 aliphatic heterocycles. The second-order valence-corrected chi connectivity index (χ2v) is 5.46. The van der Waals surface area contributed by atoms with Crippen LogP contribution >= 0.6 is 0 Å². The van der Waals surface area contributed by atoms with Crippen LogP contribution in [0.5, 0.6) is 0 Å². The first-order chi connectivity index (χ1) is 12.7. The lowest BCUT2D eigenvalue weighted by Crippen LogP contribution is -2.31. The average molecular weight is 343 g/mol. The molecule has 0 atom stereocenters. The van der Waals surface area contributed by atoms with Crippen LogP contribution in [-0.4, -0.2) is 22.4 Å². The maximum Gasteiger partial charge on any atom is 0.277 e. The molecular formula is C20H17N5O. The molecule has 1 heterocycles. The molecule has 26 heavy (non-hydrogen) atoms. The van der Waals surface area contributed by atoms with E-state index in [0.29, 0.717) is 23.8 Å². The Balaban J connectivity index is 1.81. The highest BCUT2D eigenvalue weighted by molar-refractivity contribution is 6.04. The van der Waals surface area contributed by atoms with Crippen molar-refractivity contribution in [2.24, 2.45) is 0 Å². The van der Waals surface area contributed by atoms with E-state index >= 15 is 0 Å². The van der Waals surface area contributed by atoms with E-state index in [-0.39, 0.29) is 5.91 Å². The van der Waals surface area contributed by atoms with Crippen molar-refractivity contribution in [1.82, 2.24) is 9.97 Å². The van der Waals surface area contributed by atoms with E-state index < -0.39 is 0 Å². The fourth-order valence-corrected chi connectivity index (χ4v) is 2.48. The topological polar surface area (TPSA) is 81.9 Å². The summed E-state index contributed by atoms with van der Waals surface area (Å²) >= 11 is 0. The second kappa shape index (κ2) is 7.90. The fourth-order valence-electron chi connectivity index (χ4n) is 2.48. The molecule has 6 heteroatoms. The van der Waals surface area contributed by atoms with Gasteiger partial charge in [0.2, 0.25) is 5.95 Å². The predicted molar refractivity (Wildman–Crippen MR) is 100 cm³/mol. The third-order valence-electron chi connectivity index (χ3n) is 3.77. The molecule has 0 saturated heterocycles. The number of nitrogens with zero attached hydrogens (tertiary/aromatic N) is 4. The van der Waals surface area contributed by atoms with Gasteiger partial charge in [-0.1, -0.05) is 18.2 Å². The molecule has 0 spiro atoms. The van der Waals surface area contributed by atoms with Gasteiger partial charge in [0, 0.05) is 24.1 Å². The van der Waals surface area contributed by atoms with Crippen molar-refractivity contribution >= 4 is 23.2 Å². The lowest BCUT2D eigenvalue weighted by Gasteiger charge is -2.20. The maximum atomic E-state index is 12.8. The van der Waals surface area contributed by atoms with E-state index in [1.54, 1.807) is 41.4 Å². The minimum Gasteiger partial charge on any atom is -0.324 e. The molecule has 0 bridgehead atoms. The van der Waals surface area contributed by atoms with Gasteiger partial charge in [-0.15, -0.1) is 0 Å². The highest BCUT2D eigenvalue weighted by atomic mass is 16.2. The number of hydrogen-bond donors (Lipinski definition) is 1. The Morgan fingerprint density at radius 2 is 1.85 bits per heavy atom. The van der Waals surface area contributed by atoms with E-state index in [1.165, 1.54) is 0 Å². The number of hydrogen-bond acceptors (Lipinski definition) is 5. The Morgan fingerprint density at radius 3 is 2.50 bits per heavy atom. The number of para-hydroxylation sites is 1. The quantitative estimate of drug-likeness (QED) is 0.763. The summed E-state index contributed by atoms with van der Waals surface area (Å²) in [7, 11) is 0. The van der Waals surface area contributed by atoms with Crippen molar-refractivity contribution in [1.29, 1.82) is 5.26 Å². The van der Waals surface area contributed by atoms with Gasteiger partial charge in [0.05, 0.1) is 11.6 Å². The van der Waals surface area contributed by atoms with Gasteiger partial charge in [0.1, 0.15) is 5.69 Å². The monoisotopic (exact) mass is 343 g/mol. The molecule has 1 N–H and O–H groups in total. The van der Waals surface area contributed by atoms with E-state index in [1.807, 2.05) is 37.3 Å². The Labute approximate surface area is 151 Å². The van der Waals surface area contributed by atoms with Crippen molar-refractivity contribution in [2.45, 2.75) is 6.92 Å². The number of amides is 1. The molecule has 3 rings (SSSR count). The van der Waals surface area contributed by atoms with Crippen molar-refractivity contribution in [2.75, 3.05) is 16.8 Å². The Hall–Kier alpha value is -3.72. The number of nitriles is 1. The molecule has 128 valence electrons. The molecule has 0 aliphatic carbocycles. The van der Waals surface area contributed by atoms with Gasteiger partial charge in [-0.2, -0.15) is 5.26 Å². The van der Waals surface area contributed by atoms with Gasteiger partial charge in [0.15, 0.2) is 0 Å². The average Bonchev–Trinajstić information content (AvgIpc) is 2.70. The molecule has 6 nitrogen and oxygen atoms in total. The summed E-state index contributed by atoms with van der Waals surface area (Å²) in [5, 5.41) is 11.9. The van der Waals surface area contributed by atoms with Crippen molar-refractivity contribution in [3.63, 3.8) is 0 Å². The van der Waals surface area contributed by atoms with Crippen molar-refractivity contribution in [3.05, 3.63) is 78.1 Å². The summed E-state index contributed by atoms with van der Waals surface area (Å²) in [6.45, 7) is 2.45. The van der Waals surface area contributed by atoms with E-state index in [0.717, 1.165) is 11.4 Å². The molecule has 3 aromatic rings. The standard InChI is InChI=1S/C20H17N5O/c1-2-25(17-6-4-3-5-7-17)19(26)18-12-13-22-20(24-18)23-16-10-8-15(14-21)9-11-16/h3-13H,2H2,1H3,(H,22,23,24). The molecule has 0 radical (unpaired) electrons. The summed E-state index contributed by atoms with van der Waals surface area (Å²) in [4.78, 5) is 23.0. The molecule has 0 fully saturated rings. The Bertz CT molecular complexity index is 932. The number of carbonyl (C=O) groups excluding carboxylic acids is 1. The van der Waals surface area contributed by atoms with Crippen LogP contribution < -0.4 is 10.2 Å². The molecule has 0 aliphatic rings.